The quantitative estimate of drug-likeness (QED) is 0.526. The summed E-state index contributed by atoms with van der Waals surface area (Å²) in [4.78, 5) is 44.8. The molecule has 1 N–H and O–H groups in total. The first-order valence-corrected chi connectivity index (χ1v) is 12.6. The van der Waals surface area contributed by atoms with Crippen molar-refractivity contribution < 1.29 is 24.2 Å². The molecule has 8 heteroatoms. The molecule has 0 bridgehead atoms. The highest BCUT2D eigenvalue weighted by molar-refractivity contribution is 8.02. The van der Waals surface area contributed by atoms with Crippen molar-refractivity contribution in [1.29, 1.82) is 0 Å². The van der Waals surface area contributed by atoms with Crippen molar-refractivity contribution in [1.82, 2.24) is 9.80 Å². The van der Waals surface area contributed by atoms with E-state index in [0.29, 0.717) is 6.54 Å². The number of hydrogen-bond donors (Lipinski definition) is 1. The Morgan fingerprint density at radius 1 is 1.15 bits per heavy atom. The van der Waals surface area contributed by atoms with Gasteiger partial charge >= 0.3 is 5.97 Å². The van der Waals surface area contributed by atoms with E-state index in [4.69, 9.17) is 4.74 Å². The number of aliphatic hydroxyl groups is 1. The number of aliphatic hydroxyl groups excluding tert-OH is 1. The maximum Gasteiger partial charge on any atom is 0.311 e. The number of nitrogens with zero attached hydrogens (tertiary/aromatic N) is 2. The molecule has 5 rings (SSSR count). The van der Waals surface area contributed by atoms with Crippen molar-refractivity contribution in [2.24, 2.45) is 11.8 Å². The smallest absolute Gasteiger partial charge is 0.311 e. The topological polar surface area (TPSA) is 87.2 Å². The average Bonchev–Trinajstić information content (AvgIpc) is 3.09. The monoisotopic (exact) mass is 482 g/mol. The minimum Gasteiger partial charge on any atom is -0.461 e. The van der Waals surface area contributed by atoms with Gasteiger partial charge in [-0.25, -0.2) is 0 Å². The predicted molar refractivity (Wildman–Crippen MR) is 129 cm³/mol. The first kappa shape index (κ1) is 23.2. The number of cyclic esters (lactones) is 1. The Bertz CT molecular complexity index is 1060. The molecule has 7 nitrogen and oxygen atoms in total. The number of fused-ring (bicyclic) bond motifs is 2. The van der Waals surface area contributed by atoms with E-state index in [1.165, 1.54) is 11.8 Å². The van der Waals surface area contributed by atoms with E-state index >= 15 is 0 Å². The summed E-state index contributed by atoms with van der Waals surface area (Å²) < 4.78 is 4.49. The summed E-state index contributed by atoms with van der Waals surface area (Å²) in [6.07, 6.45) is 7.68. The number of likely N-dealkylation sites (tertiary alicyclic amines) is 1. The van der Waals surface area contributed by atoms with Crippen LogP contribution in [-0.2, 0) is 19.1 Å². The van der Waals surface area contributed by atoms with Gasteiger partial charge in [0.15, 0.2) is 0 Å². The molecule has 0 aliphatic carbocycles. The summed E-state index contributed by atoms with van der Waals surface area (Å²) in [7, 11) is 0. The SMILES string of the molecule is CC(C)(C)N1CC=C[C@]23S[C@H]4C=CCOC(=O)[C@H]4[C@H]2C(=O)N([C@H](CO)c2ccccc2)C3C1=O. The highest BCUT2D eigenvalue weighted by Gasteiger charge is 2.72. The minimum absolute atomic E-state index is 0.163. The normalized spacial score (nSPS) is 33.7. The number of carbonyl (C=O) groups excluding carboxylic acids is 3. The molecular formula is C26H30N2O5S. The van der Waals surface area contributed by atoms with Crippen LogP contribution in [-0.4, -0.2) is 74.0 Å². The number of thioether (sulfide) groups is 1. The zero-order valence-electron chi connectivity index (χ0n) is 19.6. The van der Waals surface area contributed by atoms with Crippen molar-refractivity contribution in [2.75, 3.05) is 19.8 Å². The number of rotatable bonds is 3. The molecule has 2 amide bonds. The second-order valence-corrected chi connectivity index (χ2v) is 11.8. The molecule has 4 heterocycles. The fourth-order valence-electron chi connectivity index (χ4n) is 5.88. The van der Waals surface area contributed by atoms with Crippen molar-refractivity contribution in [3.8, 4) is 0 Å². The summed E-state index contributed by atoms with van der Waals surface area (Å²) in [6, 6.07) is 7.73. The van der Waals surface area contributed by atoms with Crippen LogP contribution in [0.5, 0.6) is 0 Å². The number of esters is 1. The summed E-state index contributed by atoms with van der Waals surface area (Å²) >= 11 is 1.51. The summed E-state index contributed by atoms with van der Waals surface area (Å²) in [5.41, 5.74) is 0.287. The van der Waals surface area contributed by atoms with Gasteiger partial charge in [-0.15, -0.1) is 11.8 Å². The van der Waals surface area contributed by atoms with Gasteiger partial charge in [-0.1, -0.05) is 54.6 Å². The van der Waals surface area contributed by atoms with E-state index in [-0.39, 0.29) is 30.3 Å². The van der Waals surface area contributed by atoms with Gasteiger partial charge in [0, 0.05) is 17.3 Å². The molecule has 34 heavy (non-hydrogen) atoms. The van der Waals surface area contributed by atoms with E-state index < -0.39 is 40.2 Å². The molecule has 180 valence electrons. The van der Waals surface area contributed by atoms with Crippen molar-refractivity contribution in [3.63, 3.8) is 0 Å². The van der Waals surface area contributed by atoms with Crippen LogP contribution in [0.2, 0.25) is 0 Å². The fraction of sp³-hybridized carbons (Fsp3) is 0.500. The third-order valence-electron chi connectivity index (χ3n) is 7.35. The third-order valence-corrected chi connectivity index (χ3v) is 9.10. The number of hydrogen-bond acceptors (Lipinski definition) is 6. The van der Waals surface area contributed by atoms with Gasteiger partial charge in [-0.05, 0) is 26.3 Å². The zero-order valence-corrected chi connectivity index (χ0v) is 20.4. The number of ether oxygens (including phenoxy) is 1. The van der Waals surface area contributed by atoms with Crippen molar-refractivity contribution in [2.45, 2.75) is 48.4 Å². The molecule has 4 aliphatic heterocycles. The first-order valence-electron chi connectivity index (χ1n) is 11.7. The maximum atomic E-state index is 14.2. The fourth-order valence-corrected chi connectivity index (χ4v) is 7.87. The summed E-state index contributed by atoms with van der Waals surface area (Å²) in [6.45, 7) is 6.19. The van der Waals surface area contributed by atoms with Crippen LogP contribution in [0.3, 0.4) is 0 Å². The molecular weight excluding hydrogens is 452 g/mol. The van der Waals surface area contributed by atoms with Crippen LogP contribution in [0.15, 0.2) is 54.6 Å². The Hall–Kier alpha value is -2.58. The summed E-state index contributed by atoms with van der Waals surface area (Å²) in [5.74, 6) is -2.28. The molecule has 2 saturated heterocycles. The van der Waals surface area contributed by atoms with E-state index in [9.17, 15) is 19.5 Å². The van der Waals surface area contributed by atoms with Crippen LogP contribution in [0, 0.1) is 11.8 Å². The van der Waals surface area contributed by atoms with Gasteiger partial charge in [0.25, 0.3) is 0 Å². The second-order valence-electron chi connectivity index (χ2n) is 10.3. The second kappa shape index (κ2) is 8.27. The lowest BCUT2D eigenvalue weighted by Crippen LogP contribution is -2.58. The zero-order chi connectivity index (χ0) is 24.3. The molecule has 0 aromatic heterocycles. The Labute approximate surface area is 203 Å². The van der Waals surface area contributed by atoms with Crippen LogP contribution >= 0.6 is 11.8 Å². The van der Waals surface area contributed by atoms with Crippen molar-refractivity contribution >= 4 is 29.5 Å². The highest BCUT2D eigenvalue weighted by atomic mass is 32.2. The molecule has 2 fully saturated rings. The van der Waals surface area contributed by atoms with Gasteiger partial charge in [-0.2, -0.15) is 0 Å². The Morgan fingerprint density at radius 2 is 1.88 bits per heavy atom. The molecule has 4 aliphatic rings. The van der Waals surface area contributed by atoms with Gasteiger partial charge in [0.1, 0.15) is 12.6 Å². The number of carbonyl (C=O) groups is 3. The predicted octanol–water partition coefficient (Wildman–Crippen LogP) is 2.33. The molecule has 1 aromatic carbocycles. The van der Waals surface area contributed by atoms with Gasteiger partial charge < -0.3 is 19.6 Å². The van der Waals surface area contributed by atoms with E-state index in [0.717, 1.165) is 5.56 Å². The lowest BCUT2D eigenvalue weighted by Gasteiger charge is -2.42. The molecule has 1 unspecified atom stereocenters. The average molecular weight is 483 g/mol. The Kier molecular flexibility index (Phi) is 5.64. The highest BCUT2D eigenvalue weighted by Crippen LogP contribution is 2.62. The number of benzene rings is 1. The third kappa shape index (κ3) is 3.33. The molecule has 1 spiro atoms. The molecule has 6 atom stereocenters. The molecule has 0 radical (unpaired) electrons. The van der Waals surface area contributed by atoms with E-state index in [2.05, 4.69) is 0 Å². The van der Waals surface area contributed by atoms with Crippen LogP contribution in [0.25, 0.3) is 0 Å². The van der Waals surface area contributed by atoms with Crippen molar-refractivity contribution in [3.05, 3.63) is 60.2 Å². The minimum atomic E-state index is -0.924. The van der Waals surface area contributed by atoms with Gasteiger partial charge in [-0.3, -0.25) is 14.4 Å². The summed E-state index contributed by atoms with van der Waals surface area (Å²) in [5, 5.41) is 10.2. The first-order chi connectivity index (χ1) is 16.2. The molecule has 0 saturated carbocycles. The van der Waals surface area contributed by atoms with E-state index in [1.807, 2.05) is 75.4 Å². The lowest BCUT2D eigenvalue weighted by atomic mass is 9.78. The number of amides is 2. The van der Waals surface area contributed by atoms with Gasteiger partial charge in [0.05, 0.1) is 29.2 Å². The standard InChI is InChI=1S/C26H30N2O5S/c1-25(2,3)27-13-8-12-26-20(19-18(34-26)11-7-14-33-24(19)32)22(30)28(21(26)23(27)31)17(15-29)16-9-5-4-6-10-16/h4-12,17-21,29H,13-15H2,1-3H3/t17-,18+,19-,20+,21?,26+/m1/s1. The maximum absolute atomic E-state index is 14.2. The van der Waals surface area contributed by atoms with Crippen LogP contribution < -0.4 is 0 Å². The largest absolute Gasteiger partial charge is 0.461 e. The van der Waals surface area contributed by atoms with Crippen LogP contribution in [0.4, 0.5) is 0 Å². The van der Waals surface area contributed by atoms with Gasteiger partial charge in [0.2, 0.25) is 11.8 Å². The molecule has 1 aromatic rings. The van der Waals surface area contributed by atoms with E-state index in [1.54, 1.807) is 9.80 Å². The van der Waals surface area contributed by atoms with Crippen LogP contribution in [0.1, 0.15) is 32.4 Å². The lowest BCUT2D eigenvalue weighted by molar-refractivity contribution is -0.152. The Balaban J connectivity index is 1.69. The Morgan fingerprint density at radius 3 is 2.56 bits per heavy atom.